The van der Waals surface area contributed by atoms with Crippen molar-refractivity contribution in [1.29, 1.82) is 0 Å². The van der Waals surface area contributed by atoms with Gasteiger partial charge in [-0.15, -0.1) is 0 Å². The molecule has 4 heteroatoms. The number of para-hydroxylation sites is 3. The first-order valence-corrected chi connectivity index (χ1v) is 6.47. The number of hydrogen-bond donors (Lipinski definition) is 2. The first-order valence-electron chi connectivity index (χ1n) is 6.47. The highest BCUT2D eigenvalue weighted by atomic mass is 15.3. The summed E-state index contributed by atoms with van der Waals surface area (Å²) in [5, 5.41) is 3.30. The van der Waals surface area contributed by atoms with Crippen molar-refractivity contribution in [2.45, 2.75) is 6.17 Å². The van der Waals surface area contributed by atoms with E-state index in [1.807, 2.05) is 59.2 Å². The molecule has 2 aromatic carbocycles. The van der Waals surface area contributed by atoms with Gasteiger partial charge in [-0.2, -0.15) is 0 Å². The summed E-state index contributed by atoms with van der Waals surface area (Å²) in [4.78, 5) is 4.60. The fourth-order valence-electron chi connectivity index (χ4n) is 2.19. The van der Waals surface area contributed by atoms with Crippen LogP contribution in [0.1, 0.15) is 6.17 Å². The van der Waals surface area contributed by atoms with Gasteiger partial charge in [0.1, 0.15) is 6.17 Å². The molecule has 0 amide bonds. The van der Waals surface area contributed by atoms with Gasteiger partial charge in [0, 0.05) is 5.69 Å². The van der Waals surface area contributed by atoms with Gasteiger partial charge in [-0.05, 0) is 24.3 Å². The lowest BCUT2D eigenvalue weighted by molar-refractivity contribution is 0.659. The summed E-state index contributed by atoms with van der Waals surface area (Å²) in [5.41, 5.74) is 8.99. The van der Waals surface area contributed by atoms with E-state index >= 15 is 0 Å². The maximum Gasteiger partial charge on any atom is 0.210 e. The number of rotatable bonds is 4. The molecule has 0 aliphatic rings. The van der Waals surface area contributed by atoms with E-state index in [0.29, 0.717) is 5.95 Å². The number of nitrogens with two attached hydrogens (primary N) is 1. The van der Waals surface area contributed by atoms with Crippen LogP contribution >= 0.6 is 0 Å². The molecule has 4 nitrogen and oxygen atoms in total. The van der Waals surface area contributed by atoms with E-state index in [1.165, 1.54) is 0 Å². The molecule has 0 aliphatic heterocycles. The average molecular weight is 264 g/mol. The van der Waals surface area contributed by atoms with Crippen LogP contribution in [-0.4, -0.2) is 9.55 Å². The zero-order valence-corrected chi connectivity index (χ0v) is 11.0. The molecule has 0 bridgehead atoms. The van der Waals surface area contributed by atoms with E-state index in [0.717, 1.165) is 16.7 Å². The number of aromatic nitrogens is 2. The molecule has 1 aromatic heterocycles. The minimum absolute atomic E-state index is 0.325. The van der Waals surface area contributed by atoms with Gasteiger partial charge in [0.2, 0.25) is 5.95 Å². The van der Waals surface area contributed by atoms with Crippen molar-refractivity contribution in [3.63, 3.8) is 0 Å². The van der Waals surface area contributed by atoms with E-state index in [4.69, 9.17) is 5.73 Å². The summed E-state index contributed by atoms with van der Waals surface area (Å²) >= 11 is 0. The van der Waals surface area contributed by atoms with Crippen molar-refractivity contribution >= 4 is 22.7 Å². The quantitative estimate of drug-likeness (QED) is 0.710. The Morgan fingerprint density at radius 1 is 1.10 bits per heavy atom. The fourth-order valence-corrected chi connectivity index (χ4v) is 2.19. The monoisotopic (exact) mass is 264 g/mol. The van der Waals surface area contributed by atoms with Crippen molar-refractivity contribution < 1.29 is 0 Å². The third kappa shape index (κ3) is 2.17. The lowest BCUT2D eigenvalue weighted by Crippen LogP contribution is -2.17. The van der Waals surface area contributed by atoms with Gasteiger partial charge < -0.3 is 11.1 Å². The predicted octanol–water partition coefficient (Wildman–Crippen LogP) is 3.42. The van der Waals surface area contributed by atoms with Crippen molar-refractivity contribution in [1.82, 2.24) is 9.55 Å². The lowest BCUT2D eigenvalue weighted by Gasteiger charge is -2.14. The van der Waals surface area contributed by atoms with Gasteiger partial charge >= 0.3 is 0 Å². The molecular weight excluding hydrogens is 248 g/mol. The maximum absolute atomic E-state index is 6.12. The van der Waals surface area contributed by atoms with Crippen LogP contribution in [0.4, 0.5) is 11.6 Å². The Hall–Kier alpha value is -2.59. The number of imidazole rings is 1. The molecule has 3 aromatic rings. The average Bonchev–Trinajstić information content (AvgIpc) is 2.85. The van der Waals surface area contributed by atoms with Gasteiger partial charge in [0.15, 0.2) is 0 Å². The number of benzene rings is 2. The third-order valence-corrected chi connectivity index (χ3v) is 3.17. The second-order valence-electron chi connectivity index (χ2n) is 4.51. The normalized spacial score (nSPS) is 12.2. The minimum atomic E-state index is -0.325. The summed E-state index contributed by atoms with van der Waals surface area (Å²) in [6.07, 6.45) is 1.37. The number of fused-ring (bicyclic) bond motifs is 1. The maximum atomic E-state index is 6.12. The summed E-state index contributed by atoms with van der Waals surface area (Å²) in [6, 6.07) is 17.8. The number of nitrogens with one attached hydrogen (secondary N) is 1. The molecule has 0 spiro atoms. The summed E-state index contributed by atoms with van der Waals surface area (Å²) < 4.78 is 1.94. The summed E-state index contributed by atoms with van der Waals surface area (Å²) in [6.45, 7) is 3.77. The Bertz CT molecular complexity index is 731. The van der Waals surface area contributed by atoms with Crippen molar-refractivity contribution in [3.8, 4) is 0 Å². The molecule has 0 fully saturated rings. The highest BCUT2D eigenvalue weighted by molar-refractivity contribution is 5.80. The van der Waals surface area contributed by atoms with Crippen LogP contribution < -0.4 is 11.1 Å². The van der Waals surface area contributed by atoms with Crippen LogP contribution in [0.5, 0.6) is 0 Å². The molecule has 3 N–H and O–H groups in total. The SMILES string of the molecule is C=CC(N)n1c(Nc2ccccc2)nc2ccccc21. The third-order valence-electron chi connectivity index (χ3n) is 3.17. The Morgan fingerprint density at radius 2 is 1.80 bits per heavy atom. The van der Waals surface area contributed by atoms with Gasteiger partial charge in [-0.1, -0.05) is 43.0 Å². The lowest BCUT2D eigenvalue weighted by atomic mass is 10.3. The highest BCUT2D eigenvalue weighted by Crippen LogP contribution is 2.25. The first-order chi connectivity index (χ1) is 9.79. The second kappa shape index (κ2) is 5.19. The van der Waals surface area contributed by atoms with Gasteiger partial charge in [-0.25, -0.2) is 4.98 Å². The Labute approximate surface area is 117 Å². The Balaban J connectivity index is 2.12. The molecule has 100 valence electrons. The van der Waals surface area contributed by atoms with Crippen molar-refractivity contribution in [3.05, 3.63) is 67.3 Å². The highest BCUT2D eigenvalue weighted by Gasteiger charge is 2.13. The largest absolute Gasteiger partial charge is 0.326 e. The fraction of sp³-hybridized carbons (Fsp3) is 0.0625. The number of anilines is 2. The second-order valence-corrected chi connectivity index (χ2v) is 4.51. The van der Waals surface area contributed by atoms with Crippen LogP contribution in [0.25, 0.3) is 11.0 Å². The molecule has 0 saturated heterocycles. The van der Waals surface area contributed by atoms with E-state index in [1.54, 1.807) is 6.08 Å². The predicted molar refractivity (Wildman–Crippen MR) is 82.9 cm³/mol. The topological polar surface area (TPSA) is 55.9 Å². The standard InChI is InChI=1S/C16H16N4/c1-2-15(17)20-14-11-7-6-10-13(14)19-16(20)18-12-8-4-3-5-9-12/h2-11,15H,1,17H2,(H,18,19). The molecule has 0 radical (unpaired) electrons. The Morgan fingerprint density at radius 3 is 2.55 bits per heavy atom. The van der Waals surface area contributed by atoms with Crippen LogP contribution in [0.15, 0.2) is 67.3 Å². The number of hydrogen-bond acceptors (Lipinski definition) is 3. The number of nitrogens with zero attached hydrogens (tertiary/aromatic N) is 2. The summed E-state index contributed by atoms with van der Waals surface area (Å²) in [7, 11) is 0. The van der Waals surface area contributed by atoms with Crippen LogP contribution in [-0.2, 0) is 0 Å². The smallest absolute Gasteiger partial charge is 0.210 e. The zero-order chi connectivity index (χ0) is 13.9. The van der Waals surface area contributed by atoms with Gasteiger partial charge in [-0.3, -0.25) is 4.57 Å². The van der Waals surface area contributed by atoms with Crippen molar-refractivity contribution in [2.24, 2.45) is 5.73 Å². The molecule has 0 saturated carbocycles. The minimum Gasteiger partial charge on any atom is -0.326 e. The molecule has 1 unspecified atom stereocenters. The van der Waals surface area contributed by atoms with Gasteiger partial charge in [0.05, 0.1) is 11.0 Å². The van der Waals surface area contributed by atoms with Crippen LogP contribution in [0.3, 0.4) is 0 Å². The molecule has 20 heavy (non-hydrogen) atoms. The van der Waals surface area contributed by atoms with E-state index in [9.17, 15) is 0 Å². The van der Waals surface area contributed by atoms with E-state index in [-0.39, 0.29) is 6.17 Å². The summed E-state index contributed by atoms with van der Waals surface area (Å²) in [5.74, 6) is 0.713. The molecule has 1 heterocycles. The molecule has 0 aliphatic carbocycles. The first kappa shape index (κ1) is 12.4. The molecule has 3 rings (SSSR count). The van der Waals surface area contributed by atoms with Crippen LogP contribution in [0, 0.1) is 0 Å². The van der Waals surface area contributed by atoms with Crippen LogP contribution in [0.2, 0.25) is 0 Å². The molecule has 1 atom stereocenters. The Kier molecular flexibility index (Phi) is 3.23. The van der Waals surface area contributed by atoms with Gasteiger partial charge in [0.25, 0.3) is 0 Å². The van der Waals surface area contributed by atoms with Crippen molar-refractivity contribution in [2.75, 3.05) is 5.32 Å². The van der Waals surface area contributed by atoms with E-state index < -0.39 is 0 Å². The van der Waals surface area contributed by atoms with E-state index in [2.05, 4.69) is 16.9 Å². The molecular formula is C16H16N4. The zero-order valence-electron chi connectivity index (χ0n) is 11.0.